The Morgan fingerprint density at radius 1 is 1.53 bits per heavy atom. The number of nitrogens with zero attached hydrogens (tertiary/aromatic N) is 4. The summed E-state index contributed by atoms with van der Waals surface area (Å²) in [6.07, 6.45) is 6.05. The molecule has 2 heterocycles. The quantitative estimate of drug-likeness (QED) is 0.845. The highest BCUT2D eigenvalue weighted by molar-refractivity contribution is 5.66. The summed E-state index contributed by atoms with van der Waals surface area (Å²) in [6.45, 7) is 4.68. The zero-order chi connectivity index (χ0) is 13.7. The van der Waals surface area contributed by atoms with Gasteiger partial charge < -0.3 is 5.11 Å². The average Bonchev–Trinajstić information content (AvgIpc) is 2.85. The molecule has 0 bridgehead atoms. The van der Waals surface area contributed by atoms with Crippen molar-refractivity contribution in [1.82, 2.24) is 19.7 Å². The molecule has 1 aromatic heterocycles. The summed E-state index contributed by atoms with van der Waals surface area (Å²) < 4.78 is 1.91. The first-order chi connectivity index (χ1) is 9.20. The van der Waals surface area contributed by atoms with E-state index in [4.69, 9.17) is 5.11 Å². The van der Waals surface area contributed by atoms with Crippen LogP contribution in [0.15, 0.2) is 6.33 Å². The second kappa shape index (κ2) is 6.65. The molecule has 0 saturated carbocycles. The van der Waals surface area contributed by atoms with Crippen LogP contribution in [-0.2, 0) is 17.9 Å². The second-order valence-electron chi connectivity index (χ2n) is 5.04. The predicted molar refractivity (Wildman–Crippen MR) is 70.6 cm³/mol. The van der Waals surface area contributed by atoms with Crippen LogP contribution in [0.2, 0.25) is 0 Å². The molecule has 1 aromatic rings. The van der Waals surface area contributed by atoms with Crippen LogP contribution in [0.1, 0.15) is 44.9 Å². The lowest BCUT2D eigenvalue weighted by Crippen LogP contribution is -2.39. The molecule has 1 saturated heterocycles. The number of aliphatic carboxylic acids is 1. The van der Waals surface area contributed by atoms with Crippen molar-refractivity contribution in [3.8, 4) is 0 Å². The highest BCUT2D eigenvalue weighted by Crippen LogP contribution is 2.22. The lowest BCUT2D eigenvalue weighted by Gasteiger charge is -2.35. The van der Waals surface area contributed by atoms with E-state index < -0.39 is 5.97 Å². The first kappa shape index (κ1) is 14.0. The van der Waals surface area contributed by atoms with E-state index in [9.17, 15) is 4.79 Å². The van der Waals surface area contributed by atoms with Crippen molar-refractivity contribution in [1.29, 1.82) is 0 Å². The Bertz CT molecular complexity index is 419. The summed E-state index contributed by atoms with van der Waals surface area (Å²) in [7, 11) is 0. The lowest BCUT2D eigenvalue weighted by atomic mass is 9.98. The highest BCUT2D eigenvalue weighted by atomic mass is 16.4. The van der Waals surface area contributed by atoms with Gasteiger partial charge in [0.05, 0.1) is 6.54 Å². The van der Waals surface area contributed by atoms with Crippen LogP contribution >= 0.6 is 0 Å². The first-order valence-corrected chi connectivity index (χ1v) is 7.03. The lowest BCUT2D eigenvalue weighted by molar-refractivity contribution is -0.137. The molecule has 0 aromatic carbocycles. The van der Waals surface area contributed by atoms with Crippen molar-refractivity contribution in [2.45, 2.75) is 58.2 Å². The SMILES string of the molecule is CCn1ncnc1CN1CCCC[C@H]1CCC(=O)O. The van der Waals surface area contributed by atoms with Crippen LogP contribution in [0.4, 0.5) is 0 Å². The minimum absolute atomic E-state index is 0.252. The Kier molecular flexibility index (Phi) is 4.90. The van der Waals surface area contributed by atoms with Crippen molar-refractivity contribution in [3.05, 3.63) is 12.2 Å². The largest absolute Gasteiger partial charge is 0.481 e. The van der Waals surface area contributed by atoms with E-state index in [1.54, 1.807) is 6.33 Å². The van der Waals surface area contributed by atoms with Crippen molar-refractivity contribution in [3.63, 3.8) is 0 Å². The number of aryl methyl sites for hydroxylation is 1. The molecular formula is C13H22N4O2. The van der Waals surface area contributed by atoms with Gasteiger partial charge in [-0.1, -0.05) is 6.42 Å². The van der Waals surface area contributed by atoms with Crippen LogP contribution < -0.4 is 0 Å². The second-order valence-corrected chi connectivity index (χ2v) is 5.04. The van der Waals surface area contributed by atoms with Crippen molar-refractivity contribution < 1.29 is 9.90 Å². The van der Waals surface area contributed by atoms with Gasteiger partial charge in [-0.05, 0) is 32.7 Å². The van der Waals surface area contributed by atoms with Gasteiger partial charge in [0, 0.05) is 19.0 Å². The fourth-order valence-corrected chi connectivity index (χ4v) is 2.74. The van der Waals surface area contributed by atoms with Crippen molar-refractivity contribution in [2.75, 3.05) is 6.54 Å². The summed E-state index contributed by atoms with van der Waals surface area (Å²) in [5, 5.41) is 13.0. The van der Waals surface area contributed by atoms with Gasteiger partial charge in [0.2, 0.25) is 0 Å². The zero-order valence-corrected chi connectivity index (χ0v) is 11.5. The number of carboxylic acid groups (broad SMARTS) is 1. The molecule has 19 heavy (non-hydrogen) atoms. The van der Waals surface area contributed by atoms with E-state index in [0.29, 0.717) is 6.04 Å². The maximum atomic E-state index is 10.7. The summed E-state index contributed by atoms with van der Waals surface area (Å²) in [5.41, 5.74) is 0. The van der Waals surface area contributed by atoms with Crippen LogP contribution in [0.5, 0.6) is 0 Å². The third-order valence-corrected chi connectivity index (χ3v) is 3.78. The number of aromatic nitrogens is 3. The Morgan fingerprint density at radius 3 is 3.11 bits per heavy atom. The molecule has 6 nitrogen and oxygen atoms in total. The molecule has 1 atom stereocenters. The predicted octanol–water partition coefficient (Wildman–Crippen LogP) is 1.52. The van der Waals surface area contributed by atoms with Gasteiger partial charge in [0.1, 0.15) is 12.2 Å². The van der Waals surface area contributed by atoms with Gasteiger partial charge in [-0.25, -0.2) is 9.67 Å². The van der Waals surface area contributed by atoms with Crippen LogP contribution in [-0.4, -0.2) is 43.3 Å². The number of hydrogen-bond donors (Lipinski definition) is 1. The zero-order valence-electron chi connectivity index (χ0n) is 11.5. The molecular weight excluding hydrogens is 244 g/mol. The van der Waals surface area contributed by atoms with E-state index in [2.05, 4.69) is 21.9 Å². The minimum Gasteiger partial charge on any atom is -0.481 e. The van der Waals surface area contributed by atoms with Crippen LogP contribution in [0.3, 0.4) is 0 Å². The molecule has 106 valence electrons. The van der Waals surface area contributed by atoms with Gasteiger partial charge in [-0.15, -0.1) is 0 Å². The molecule has 2 rings (SSSR count). The fourth-order valence-electron chi connectivity index (χ4n) is 2.74. The molecule has 1 N–H and O–H groups in total. The maximum Gasteiger partial charge on any atom is 0.303 e. The standard InChI is InChI=1S/C13H22N4O2/c1-2-17-12(14-10-15-17)9-16-8-4-3-5-11(16)6-7-13(18)19/h10-11H,2-9H2,1H3,(H,18,19)/t11-/m0/s1. The maximum absolute atomic E-state index is 10.7. The van der Waals surface area contributed by atoms with Gasteiger partial charge in [0.15, 0.2) is 0 Å². The molecule has 0 unspecified atom stereocenters. The topological polar surface area (TPSA) is 71.2 Å². The summed E-state index contributed by atoms with van der Waals surface area (Å²) >= 11 is 0. The molecule has 0 amide bonds. The Balaban J connectivity index is 1.97. The number of carbonyl (C=O) groups is 1. The average molecular weight is 266 g/mol. The van der Waals surface area contributed by atoms with Gasteiger partial charge in [-0.3, -0.25) is 9.69 Å². The third kappa shape index (κ3) is 3.76. The number of likely N-dealkylation sites (tertiary alicyclic amines) is 1. The summed E-state index contributed by atoms with van der Waals surface area (Å²) in [6, 6.07) is 0.367. The normalized spacial score (nSPS) is 20.6. The molecule has 0 radical (unpaired) electrons. The smallest absolute Gasteiger partial charge is 0.303 e. The molecule has 1 aliphatic rings. The monoisotopic (exact) mass is 266 g/mol. The van der Waals surface area contributed by atoms with Crippen LogP contribution in [0.25, 0.3) is 0 Å². The molecule has 0 aliphatic carbocycles. The fraction of sp³-hybridized carbons (Fsp3) is 0.769. The molecule has 1 fully saturated rings. The van der Waals surface area contributed by atoms with Gasteiger partial charge in [0.25, 0.3) is 0 Å². The number of carboxylic acids is 1. The number of piperidine rings is 1. The van der Waals surface area contributed by atoms with E-state index >= 15 is 0 Å². The van der Waals surface area contributed by atoms with Gasteiger partial charge >= 0.3 is 5.97 Å². The van der Waals surface area contributed by atoms with E-state index in [1.165, 1.54) is 12.8 Å². The van der Waals surface area contributed by atoms with Crippen LogP contribution in [0, 0.1) is 0 Å². The molecule has 1 aliphatic heterocycles. The summed E-state index contributed by atoms with van der Waals surface area (Å²) in [4.78, 5) is 17.4. The van der Waals surface area contributed by atoms with E-state index in [-0.39, 0.29) is 6.42 Å². The Labute approximate surface area is 113 Å². The van der Waals surface area contributed by atoms with Gasteiger partial charge in [-0.2, -0.15) is 5.10 Å². The van der Waals surface area contributed by atoms with E-state index in [0.717, 1.165) is 38.3 Å². The number of hydrogen-bond acceptors (Lipinski definition) is 4. The third-order valence-electron chi connectivity index (χ3n) is 3.78. The van der Waals surface area contributed by atoms with E-state index in [1.807, 2.05) is 4.68 Å². The first-order valence-electron chi connectivity index (χ1n) is 7.03. The minimum atomic E-state index is -0.706. The highest BCUT2D eigenvalue weighted by Gasteiger charge is 2.24. The Hall–Kier alpha value is -1.43. The number of rotatable bonds is 6. The molecule has 0 spiro atoms. The summed E-state index contributed by atoms with van der Waals surface area (Å²) in [5.74, 6) is 0.270. The van der Waals surface area contributed by atoms with Crippen molar-refractivity contribution in [2.24, 2.45) is 0 Å². The molecule has 6 heteroatoms. The van der Waals surface area contributed by atoms with Crippen molar-refractivity contribution >= 4 is 5.97 Å². The Morgan fingerprint density at radius 2 is 2.37 bits per heavy atom.